The van der Waals surface area contributed by atoms with E-state index in [0.717, 1.165) is 18.4 Å². The molecule has 104 valence electrons. The van der Waals surface area contributed by atoms with E-state index < -0.39 is 5.97 Å². The summed E-state index contributed by atoms with van der Waals surface area (Å²) < 4.78 is 0. The molecule has 0 aliphatic heterocycles. The molecule has 1 aromatic carbocycles. The maximum atomic E-state index is 11.8. The molecule has 1 N–H and O–H groups in total. The Bertz CT molecular complexity index is 470. The first-order chi connectivity index (χ1) is 8.93. The molecule has 1 aliphatic carbocycles. The molecule has 0 bridgehead atoms. The molecule has 0 heterocycles. The maximum Gasteiger partial charge on any atom is 0.311 e. The van der Waals surface area contributed by atoms with Gasteiger partial charge < -0.3 is 5.11 Å². The largest absolute Gasteiger partial charge is 0.481 e. The molecular formula is C17H24O2. The first-order valence-corrected chi connectivity index (χ1v) is 7.23. The van der Waals surface area contributed by atoms with Gasteiger partial charge in [-0.25, -0.2) is 0 Å². The van der Waals surface area contributed by atoms with Crippen molar-refractivity contribution < 1.29 is 9.90 Å². The molecule has 0 aromatic heterocycles. The molecular weight excluding hydrogens is 236 g/mol. The number of rotatable bonds is 3. The number of carboxylic acid groups (broad SMARTS) is 1. The number of benzene rings is 1. The predicted octanol–water partition coefficient (Wildman–Crippen LogP) is 4.28. The second-order valence-electron chi connectivity index (χ2n) is 6.03. The molecule has 2 rings (SSSR count). The van der Waals surface area contributed by atoms with Crippen LogP contribution in [-0.4, -0.2) is 11.1 Å². The van der Waals surface area contributed by atoms with Gasteiger partial charge in [-0.05, 0) is 74.3 Å². The van der Waals surface area contributed by atoms with Crippen LogP contribution in [0.4, 0.5) is 0 Å². The summed E-state index contributed by atoms with van der Waals surface area (Å²) >= 11 is 0. The van der Waals surface area contributed by atoms with E-state index in [-0.39, 0.29) is 5.92 Å². The van der Waals surface area contributed by atoms with Crippen LogP contribution in [0, 0.1) is 33.6 Å². The molecule has 0 radical (unpaired) electrons. The van der Waals surface area contributed by atoms with Crippen molar-refractivity contribution >= 4 is 5.97 Å². The number of carbonyl (C=O) groups is 1. The Labute approximate surface area is 115 Å². The Balaban J connectivity index is 2.56. The zero-order chi connectivity index (χ0) is 14.2. The van der Waals surface area contributed by atoms with Crippen LogP contribution >= 0.6 is 0 Å². The van der Waals surface area contributed by atoms with E-state index in [9.17, 15) is 9.90 Å². The Morgan fingerprint density at radius 2 is 1.58 bits per heavy atom. The lowest BCUT2D eigenvalue weighted by Gasteiger charge is -2.25. The first kappa shape index (κ1) is 14.1. The van der Waals surface area contributed by atoms with Crippen molar-refractivity contribution in [1.82, 2.24) is 0 Å². The molecule has 1 aromatic rings. The monoisotopic (exact) mass is 260 g/mol. The Hall–Kier alpha value is -1.31. The van der Waals surface area contributed by atoms with Gasteiger partial charge >= 0.3 is 5.97 Å². The second-order valence-corrected chi connectivity index (χ2v) is 6.03. The van der Waals surface area contributed by atoms with Crippen molar-refractivity contribution in [1.29, 1.82) is 0 Å². The molecule has 1 saturated carbocycles. The molecule has 19 heavy (non-hydrogen) atoms. The van der Waals surface area contributed by atoms with Gasteiger partial charge in [0.1, 0.15) is 0 Å². The summed E-state index contributed by atoms with van der Waals surface area (Å²) in [4.78, 5) is 11.8. The summed E-state index contributed by atoms with van der Waals surface area (Å²) in [7, 11) is 0. The summed E-state index contributed by atoms with van der Waals surface area (Å²) in [6, 6.07) is 2.17. The highest BCUT2D eigenvalue weighted by molar-refractivity contribution is 5.78. The molecule has 1 unspecified atom stereocenters. The van der Waals surface area contributed by atoms with Crippen molar-refractivity contribution in [2.75, 3.05) is 0 Å². The quantitative estimate of drug-likeness (QED) is 0.880. The van der Waals surface area contributed by atoms with Gasteiger partial charge in [0.2, 0.25) is 0 Å². The smallest absolute Gasteiger partial charge is 0.311 e. The molecule has 0 amide bonds. The Morgan fingerprint density at radius 1 is 1.11 bits per heavy atom. The van der Waals surface area contributed by atoms with E-state index in [1.165, 1.54) is 35.1 Å². The van der Waals surface area contributed by atoms with E-state index in [0.29, 0.717) is 5.92 Å². The van der Waals surface area contributed by atoms with Gasteiger partial charge in [-0.15, -0.1) is 0 Å². The third-order valence-corrected chi connectivity index (χ3v) is 4.87. The minimum atomic E-state index is -0.650. The lowest BCUT2D eigenvalue weighted by molar-refractivity contribution is -0.140. The van der Waals surface area contributed by atoms with Crippen LogP contribution in [0.1, 0.15) is 59.4 Å². The van der Waals surface area contributed by atoms with Gasteiger partial charge in [0.05, 0.1) is 5.92 Å². The molecule has 0 saturated heterocycles. The normalized spacial score (nSPS) is 17.7. The molecule has 1 fully saturated rings. The van der Waals surface area contributed by atoms with E-state index >= 15 is 0 Å². The van der Waals surface area contributed by atoms with Crippen molar-refractivity contribution in [2.24, 2.45) is 5.92 Å². The van der Waals surface area contributed by atoms with Crippen molar-refractivity contribution in [3.8, 4) is 0 Å². The highest BCUT2D eigenvalue weighted by atomic mass is 16.4. The van der Waals surface area contributed by atoms with Crippen LogP contribution < -0.4 is 0 Å². The maximum absolute atomic E-state index is 11.8. The fourth-order valence-electron chi connectivity index (χ4n) is 3.57. The van der Waals surface area contributed by atoms with E-state index in [1.54, 1.807) is 0 Å². The molecule has 0 spiro atoms. The summed E-state index contributed by atoms with van der Waals surface area (Å²) in [5.41, 5.74) is 5.84. The van der Waals surface area contributed by atoms with E-state index in [4.69, 9.17) is 0 Å². The number of hydrogen-bond acceptors (Lipinski definition) is 1. The fraction of sp³-hybridized carbons (Fsp3) is 0.588. The summed E-state index contributed by atoms with van der Waals surface area (Å²) in [5, 5.41) is 9.72. The third-order valence-electron chi connectivity index (χ3n) is 4.87. The number of aliphatic carboxylic acids is 1. The van der Waals surface area contributed by atoms with E-state index in [2.05, 4.69) is 33.8 Å². The highest BCUT2D eigenvalue weighted by Gasteiger charge is 2.34. The highest BCUT2D eigenvalue weighted by Crippen LogP contribution is 2.41. The minimum absolute atomic E-state index is 0.316. The van der Waals surface area contributed by atoms with Gasteiger partial charge in [-0.2, -0.15) is 0 Å². The van der Waals surface area contributed by atoms with Crippen molar-refractivity contribution in [3.63, 3.8) is 0 Å². The van der Waals surface area contributed by atoms with Crippen LogP contribution in [0.5, 0.6) is 0 Å². The van der Waals surface area contributed by atoms with Crippen LogP contribution in [0.2, 0.25) is 0 Å². The fourth-order valence-corrected chi connectivity index (χ4v) is 3.57. The Morgan fingerprint density at radius 3 is 2.00 bits per heavy atom. The minimum Gasteiger partial charge on any atom is -0.481 e. The van der Waals surface area contributed by atoms with Gasteiger partial charge in [-0.3, -0.25) is 4.79 Å². The molecule has 1 aliphatic rings. The van der Waals surface area contributed by atoms with Crippen molar-refractivity contribution in [3.05, 3.63) is 33.9 Å². The number of aryl methyl sites for hydroxylation is 2. The molecule has 2 heteroatoms. The van der Waals surface area contributed by atoms with Crippen molar-refractivity contribution in [2.45, 2.75) is 59.3 Å². The van der Waals surface area contributed by atoms with Crippen LogP contribution in [0.25, 0.3) is 0 Å². The molecule has 1 atom stereocenters. The standard InChI is InChI=1S/C17H24O2/c1-10-9-11(2)13(4)15(12(10)3)16(17(18)19)14-7-5-6-8-14/h9,14,16H,5-8H2,1-4H3,(H,18,19). The Kier molecular flexibility index (Phi) is 3.98. The van der Waals surface area contributed by atoms with Gasteiger partial charge in [0, 0.05) is 0 Å². The zero-order valence-electron chi connectivity index (χ0n) is 12.4. The lowest BCUT2D eigenvalue weighted by Crippen LogP contribution is -2.22. The average molecular weight is 260 g/mol. The van der Waals surface area contributed by atoms with Crippen LogP contribution in [-0.2, 0) is 4.79 Å². The predicted molar refractivity (Wildman–Crippen MR) is 77.7 cm³/mol. The first-order valence-electron chi connectivity index (χ1n) is 7.23. The summed E-state index contributed by atoms with van der Waals surface area (Å²) in [5.74, 6) is -0.653. The zero-order valence-corrected chi connectivity index (χ0v) is 12.4. The van der Waals surface area contributed by atoms with Crippen LogP contribution in [0.15, 0.2) is 6.07 Å². The van der Waals surface area contributed by atoms with Gasteiger partial charge in [-0.1, -0.05) is 18.9 Å². The molecule has 2 nitrogen and oxygen atoms in total. The lowest BCUT2D eigenvalue weighted by atomic mass is 9.78. The second kappa shape index (κ2) is 5.36. The SMILES string of the molecule is Cc1cc(C)c(C)c(C(C(=O)O)C2CCCC2)c1C. The summed E-state index contributed by atoms with van der Waals surface area (Å²) in [6.45, 7) is 8.31. The van der Waals surface area contributed by atoms with E-state index in [1.807, 2.05) is 0 Å². The topological polar surface area (TPSA) is 37.3 Å². The average Bonchev–Trinajstić information content (AvgIpc) is 2.85. The van der Waals surface area contributed by atoms with Gasteiger partial charge in [0.15, 0.2) is 0 Å². The van der Waals surface area contributed by atoms with Gasteiger partial charge in [0.25, 0.3) is 0 Å². The number of carboxylic acids is 1. The number of hydrogen-bond donors (Lipinski definition) is 1. The third kappa shape index (κ3) is 2.54. The summed E-state index contributed by atoms with van der Waals surface area (Å²) in [6.07, 6.45) is 4.47. The van der Waals surface area contributed by atoms with Crippen LogP contribution in [0.3, 0.4) is 0 Å².